The number of halogens is 1. The Hall–Kier alpha value is -4.03. The van der Waals surface area contributed by atoms with E-state index >= 15 is 0 Å². The summed E-state index contributed by atoms with van der Waals surface area (Å²) in [4.78, 5) is 53.6. The third-order valence-electron chi connectivity index (χ3n) is 6.54. The van der Waals surface area contributed by atoms with Crippen molar-refractivity contribution in [1.82, 2.24) is 0 Å². The summed E-state index contributed by atoms with van der Waals surface area (Å²) >= 11 is 6.01. The van der Waals surface area contributed by atoms with Crippen LogP contribution in [0.2, 0.25) is 5.02 Å². The van der Waals surface area contributed by atoms with Crippen LogP contribution in [-0.2, 0) is 14.3 Å². The second-order valence-corrected chi connectivity index (χ2v) is 9.22. The van der Waals surface area contributed by atoms with Crippen LogP contribution in [0.25, 0.3) is 0 Å². The molecule has 7 heteroatoms. The predicted molar refractivity (Wildman–Crippen MR) is 135 cm³/mol. The number of fused-ring (bicyclic) bond motifs is 1. The number of rotatable bonds is 6. The first-order valence-corrected chi connectivity index (χ1v) is 12.0. The predicted octanol–water partition coefficient (Wildman–Crippen LogP) is 5.58. The van der Waals surface area contributed by atoms with Crippen LogP contribution in [0, 0.1) is 11.8 Å². The highest BCUT2D eigenvalue weighted by Crippen LogP contribution is 2.38. The van der Waals surface area contributed by atoms with Crippen LogP contribution in [-0.4, -0.2) is 23.6 Å². The van der Waals surface area contributed by atoms with Crippen molar-refractivity contribution in [2.45, 2.75) is 18.9 Å². The number of esters is 1. The van der Waals surface area contributed by atoms with Crippen LogP contribution in [0.5, 0.6) is 0 Å². The van der Waals surface area contributed by atoms with E-state index in [1.54, 1.807) is 66.7 Å². The van der Waals surface area contributed by atoms with Gasteiger partial charge in [-0.25, -0.2) is 4.79 Å². The summed E-state index contributed by atoms with van der Waals surface area (Å²) in [5.41, 5.74) is 1.30. The lowest BCUT2D eigenvalue weighted by Crippen LogP contribution is -2.31. The van der Waals surface area contributed by atoms with E-state index in [1.165, 1.54) is 12.1 Å². The van der Waals surface area contributed by atoms with Gasteiger partial charge in [0.1, 0.15) is 0 Å². The van der Waals surface area contributed by atoms with Crippen molar-refractivity contribution >= 4 is 40.9 Å². The molecule has 180 valence electrons. The molecule has 0 bridgehead atoms. The minimum atomic E-state index is -1.20. The molecule has 3 atom stereocenters. The molecule has 2 amide bonds. The molecule has 0 N–H and O–H groups in total. The van der Waals surface area contributed by atoms with Crippen LogP contribution in [0.15, 0.2) is 91.0 Å². The largest absolute Gasteiger partial charge is 0.445 e. The van der Waals surface area contributed by atoms with Gasteiger partial charge in [-0.2, -0.15) is 0 Å². The van der Waals surface area contributed by atoms with Crippen molar-refractivity contribution in [3.8, 4) is 0 Å². The third-order valence-corrected chi connectivity index (χ3v) is 6.79. The fraction of sp³-hybridized carbons (Fsp3) is 0.172. The minimum Gasteiger partial charge on any atom is -0.445 e. The van der Waals surface area contributed by atoms with E-state index in [0.29, 0.717) is 34.7 Å². The molecule has 1 heterocycles. The summed E-state index contributed by atoms with van der Waals surface area (Å²) < 4.78 is 5.71. The van der Waals surface area contributed by atoms with Crippen molar-refractivity contribution in [3.05, 3.63) is 113 Å². The molecule has 2 aliphatic rings. The number of anilines is 1. The number of hydrogen-bond donors (Lipinski definition) is 0. The van der Waals surface area contributed by atoms with Crippen LogP contribution in [0.1, 0.15) is 45.2 Å². The van der Waals surface area contributed by atoms with Gasteiger partial charge in [0.15, 0.2) is 6.10 Å². The van der Waals surface area contributed by atoms with Gasteiger partial charge in [0.2, 0.25) is 17.6 Å². The van der Waals surface area contributed by atoms with Crippen molar-refractivity contribution in [3.63, 3.8) is 0 Å². The first-order chi connectivity index (χ1) is 17.4. The summed E-state index contributed by atoms with van der Waals surface area (Å²) in [5, 5.41) is 0.486. The molecule has 1 fully saturated rings. The van der Waals surface area contributed by atoms with E-state index in [-0.39, 0.29) is 35.0 Å². The van der Waals surface area contributed by atoms with E-state index in [1.807, 2.05) is 12.2 Å². The van der Waals surface area contributed by atoms with Gasteiger partial charge < -0.3 is 4.74 Å². The molecule has 0 aromatic heterocycles. The second-order valence-electron chi connectivity index (χ2n) is 8.79. The number of benzene rings is 3. The maximum atomic E-state index is 13.3. The molecule has 1 aliphatic heterocycles. The topological polar surface area (TPSA) is 80.8 Å². The van der Waals surface area contributed by atoms with Crippen molar-refractivity contribution < 1.29 is 23.9 Å². The maximum absolute atomic E-state index is 13.3. The first-order valence-electron chi connectivity index (χ1n) is 11.6. The molecular weight excluding hydrogens is 478 g/mol. The average Bonchev–Trinajstić information content (AvgIpc) is 3.17. The van der Waals surface area contributed by atoms with Crippen molar-refractivity contribution in [2.75, 3.05) is 4.90 Å². The fourth-order valence-electron chi connectivity index (χ4n) is 4.67. The van der Waals surface area contributed by atoms with Gasteiger partial charge in [-0.1, -0.05) is 72.3 Å². The Bertz CT molecular complexity index is 1340. The monoisotopic (exact) mass is 499 g/mol. The zero-order valence-corrected chi connectivity index (χ0v) is 19.9. The summed E-state index contributed by atoms with van der Waals surface area (Å²) in [6, 6.07) is 21.2. The molecule has 36 heavy (non-hydrogen) atoms. The normalized spacial score (nSPS) is 19.6. The second kappa shape index (κ2) is 9.91. The highest BCUT2D eigenvalue weighted by Gasteiger charge is 2.47. The van der Waals surface area contributed by atoms with E-state index in [2.05, 4.69) is 0 Å². The van der Waals surface area contributed by atoms with Gasteiger partial charge in [0.05, 0.1) is 23.1 Å². The molecule has 0 unspecified atom stereocenters. The van der Waals surface area contributed by atoms with Crippen LogP contribution < -0.4 is 4.90 Å². The maximum Gasteiger partial charge on any atom is 0.339 e. The molecule has 0 saturated carbocycles. The highest BCUT2D eigenvalue weighted by atomic mass is 35.5. The number of carbonyl (C=O) groups excluding carboxylic acids is 4. The van der Waals surface area contributed by atoms with E-state index in [9.17, 15) is 19.2 Å². The quantitative estimate of drug-likeness (QED) is 0.191. The molecule has 3 aromatic carbocycles. The van der Waals surface area contributed by atoms with E-state index < -0.39 is 12.1 Å². The van der Waals surface area contributed by atoms with Gasteiger partial charge in [0.25, 0.3) is 0 Å². The lowest BCUT2D eigenvalue weighted by atomic mass is 9.85. The van der Waals surface area contributed by atoms with E-state index in [0.717, 1.165) is 4.90 Å². The Labute approximate surface area is 213 Å². The van der Waals surface area contributed by atoms with Gasteiger partial charge >= 0.3 is 5.97 Å². The molecule has 6 nitrogen and oxygen atoms in total. The fourth-order valence-corrected chi connectivity index (χ4v) is 4.79. The number of nitrogens with zero attached hydrogens (tertiary/aromatic N) is 1. The summed E-state index contributed by atoms with van der Waals surface area (Å²) in [6.45, 7) is 0. The number of ether oxygens (including phenoxy) is 1. The molecule has 1 aliphatic carbocycles. The Morgan fingerprint density at radius 1 is 0.806 bits per heavy atom. The Morgan fingerprint density at radius 3 is 2.06 bits per heavy atom. The molecule has 0 radical (unpaired) electrons. The lowest BCUT2D eigenvalue weighted by molar-refractivity contribution is -0.122. The first kappa shape index (κ1) is 23.7. The molecule has 1 saturated heterocycles. The van der Waals surface area contributed by atoms with Gasteiger partial charge in [-0.3, -0.25) is 19.3 Å². The number of imide groups is 1. The van der Waals surface area contributed by atoms with Gasteiger partial charge in [-0.15, -0.1) is 0 Å². The standard InChI is InChI=1S/C29H22ClNO5/c30-21-15-13-19(14-16-21)26(25(32)18-7-2-1-3-8-18)36-29(35)20-9-6-10-22(17-20)31-27(33)23-11-4-5-12-24(23)28(31)34/h1-10,13-17,23-24,26H,11-12H2/t23-,24-,26-/m0/s1. The highest BCUT2D eigenvalue weighted by molar-refractivity contribution is 6.30. The third kappa shape index (κ3) is 4.48. The molecule has 0 spiro atoms. The van der Waals surface area contributed by atoms with Crippen LogP contribution in [0.4, 0.5) is 5.69 Å². The van der Waals surface area contributed by atoms with Crippen LogP contribution in [0.3, 0.4) is 0 Å². The Balaban J connectivity index is 1.42. The number of amides is 2. The zero-order valence-electron chi connectivity index (χ0n) is 19.2. The number of carbonyl (C=O) groups is 4. The summed E-state index contributed by atoms with van der Waals surface area (Å²) in [6.07, 6.45) is 3.69. The molecular formula is C29H22ClNO5. The number of allylic oxidation sites excluding steroid dienone is 2. The minimum absolute atomic E-state index is 0.126. The van der Waals surface area contributed by atoms with Crippen molar-refractivity contribution in [1.29, 1.82) is 0 Å². The Morgan fingerprint density at radius 2 is 1.42 bits per heavy atom. The van der Waals surface area contributed by atoms with Gasteiger partial charge in [-0.05, 0) is 43.2 Å². The SMILES string of the molecule is O=C(O[C@H](C(=O)c1ccccc1)c1ccc(Cl)cc1)c1cccc(N2C(=O)[C@H]3CC=CC[C@@H]3C2=O)c1. The van der Waals surface area contributed by atoms with Gasteiger partial charge in [0, 0.05) is 16.1 Å². The Kier molecular flexibility index (Phi) is 6.53. The van der Waals surface area contributed by atoms with E-state index in [4.69, 9.17) is 16.3 Å². The molecule has 5 rings (SSSR count). The lowest BCUT2D eigenvalue weighted by Gasteiger charge is -2.19. The number of hydrogen-bond acceptors (Lipinski definition) is 5. The summed E-state index contributed by atoms with van der Waals surface area (Å²) in [5.74, 6) is -2.42. The summed E-state index contributed by atoms with van der Waals surface area (Å²) in [7, 11) is 0. The average molecular weight is 500 g/mol. The smallest absolute Gasteiger partial charge is 0.339 e. The molecule has 3 aromatic rings. The zero-order chi connectivity index (χ0) is 25.2. The van der Waals surface area contributed by atoms with Crippen LogP contribution >= 0.6 is 11.6 Å². The number of Topliss-reactive ketones (excluding diaryl/α,β-unsaturated/α-hetero) is 1. The number of ketones is 1. The van der Waals surface area contributed by atoms with Crippen molar-refractivity contribution in [2.24, 2.45) is 11.8 Å².